The van der Waals surface area contributed by atoms with Crippen LogP contribution in [0.15, 0.2) is 29.9 Å². The van der Waals surface area contributed by atoms with Crippen LogP contribution in [0.4, 0.5) is 0 Å². The lowest BCUT2D eigenvalue weighted by Gasteiger charge is -2.36. The Labute approximate surface area is 175 Å². The zero-order valence-electron chi connectivity index (χ0n) is 16.5. The number of carbonyl (C=O) groups excluding carboxylic acids is 2. The molecule has 8 heteroatoms. The summed E-state index contributed by atoms with van der Waals surface area (Å²) in [6.07, 6.45) is 12.8. The number of pyridine rings is 1. The van der Waals surface area contributed by atoms with Gasteiger partial charge in [0, 0.05) is 35.4 Å². The fourth-order valence-corrected chi connectivity index (χ4v) is 5.00. The number of aromatic nitrogens is 3. The van der Waals surface area contributed by atoms with Gasteiger partial charge in [0.25, 0.3) is 5.91 Å². The van der Waals surface area contributed by atoms with E-state index in [0.29, 0.717) is 5.69 Å². The molecule has 2 amide bonds. The first-order valence-corrected chi connectivity index (χ1v) is 11.4. The van der Waals surface area contributed by atoms with Gasteiger partial charge in [-0.3, -0.25) is 14.6 Å². The van der Waals surface area contributed by atoms with E-state index in [4.69, 9.17) is 0 Å². The average molecular weight is 414 g/mol. The molecule has 2 heterocycles. The molecule has 154 valence electrons. The van der Waals surface area contributed by atoms with E-state index in [2.05, 4.69) is 19.9 Å². The van der Waals surface area contributed by atoms with Gasteiger partial charge < -0.3 is 10.2 Å². The molecule has 0 spiro atoms. The number of amides is 2. The lowest BCUT2D eigenvalue weighted by Crippen LogP contribution is -2.50. The van der Waals surface area contributed by atoms with Gasteiger partial charge in [-0.2, -0.15) is 0 Å². The molecular formula is C21H27N5O2S. The maximum Gasteiger partial charge on any atom is 0.276 e. The third kappa shape index (κ3) is 4.63. The van der Waals surface area contributed by atoms with Crippen molar-refractivity contribution in [3.05, 3.63) is 41.2 Å². The Hall–Kier alpha value is -2.35. The molecule has 4 rings (SSSR count). The Bertz CT molecular complexity index is 802. The van der Waals surface area contributed by atoms with Gasteiger partial charge in [-0.1, -0.05) is 42.7 Å². The smallest absolute Gasteiger partial charge is 0.276 e. The molecule has 0 unspecified atom stereocenters. The highest BCUT2D eigenvalue weighted by atomic mass is 32.1. The highest BCUT2D eigenvalue weighted by Gasteiger charge is 2.39. The van der Waals surface area contributed by atoms with Gasteiger partial charge in [-0.15, -0.1) is 5.10 Å². The Kier molecular flexibility index (Phi) is 6.49. The van der Waals surface area contributed by atoms with Crippen LogP contribution in [0.3, 0.4) is 0 Å². The van der Waals surface area contributed by atoms with E-state index in [1.807, 2.05) is 12.1 Å². The summed E-state index contributed by atoms with van der Waals surface area (Å²) >= 11 is 1.15. The number of rotatable bonds is 6. The summed E-state index contributed by atoms with van der Waals surface area (Å²) in [7, 11) is 0. The first-order chi connectivity index (χ1) is 14.2. The van der Waals surface area contributed by atoms with Gasteiger partial charge in [0.15, 0.2) is 5.69 Å². The third-order valence-corrected chi connectivity index (χ3v) is 6.51. The SMILES string of the molecule is O=C(NC1CCCCC1)[C@@H](c1cccnc1)N(C(=O)c1csnn1)C1CCCC1. The molecule has 1 N–H and O–H groups in total. The summed E-state index contributed by atoms with van der Waals surface area (Å²) in [6.45, 7) is 0. The second-order valence-electron chi connectivity index (χ2n) is 7.97. The topological polar surface area (TPSA) is 88.1 Å². The van der Waals surface area contributed by atoms with Crippen molar-refractivity contribution in [1.82, 2.24) is 24.8 Å². The number of hydrogen-bond donors (Lipinski definition) is 1. The lowest BCUT2D eigenvalue weighted by atomic mass is 9.94. The van der Waals surface area contributed by atoms with Crippen LogP contribution >= 0.6 is 11.5 Å². The summed E-state index contributed by atoms with van der Waals surface area (Å²) < 4.78 is 3.85. The van der Waals surface area contributed by atoms with Gasteiger partial charge in [0.2, 0.25) is 5.91 Å². The second-order valence-corrected chi connectivity index (χ2v) is 8.58. The van der Waals surface area contributed by atoms with Crippen molar-refractivity contribution in [1.29, 1.82) is 0 Å². The van der Waals surface area contributed by atoms with Crippen LogP contribution < -0.4 is 5.32 Å². The van der Waals surface area contributed by atoms with Crippen LogP contribution in [-0.4, -0.2) is 43.4 Å². The molecule has 2 aromatic rings. The maximum atomic E-state index is 13.5. The van der Waals surface area contributed by atoms with Crippen LogP contribution in [-0.2, 0) is 4.79 Å². The summed E-state index contributed by atoms with van der Waals surface area (Å²) in [5, 5.41) is 8.87. The zero-order chi connectivity index (χ0) is 20.1. The van der Waals surface area contributed by atoms with Gasteiger partial charge in [-0.25, -0.2) is 0 Å². The number of nitrogens with zero attached hydrogens (tertiary/aromatic N) is 4. The quantitative estimate of drug-likeness (QED) is 0.783. The van der Waals surface area contributed by atoms with Crippen molar-refractivity contribution in [2.45, 2.75) is 75.9 Å². The van der Waals surface area contributed by atoms with Gasteiger partial charge in [0.1, 0.15) is 6.04 Å². The maximum absolute atomic E-state index is 13.5. The molecule has 2 aromatic heterocycles. The van der Waals surface area contributed by atoms with Crippen molar-refractivity contribution >= 4 is 23.3 Å². The predicted octanol–water partition coefficient (Wildman–Crippen LogP) is 3.51. The fourth-order valence-electron chi connectivity index (χ4n) is 4.57. The Morgan fingerprint density at radius 1 is 1.10 bits per heavy atom. The van der Waals surface area contributed by atoms with Crippen molar-refractivity contribution in [3.8, 4) is 0 Å². The monoisotopic (exact) mass is 413 g/mol. The Morgan fingerprint density at radius 3 is 2.52 bits per heavy atom. The molecule has 2 aliphatic rings. The van der Waals surface area contributed by atoms with Crippen molar-refractivity contribution in [3.63, 3.8) is 0 Å². The second kappa shape index (κ2) is 9.43. The molecule has 0 aromatic carbocycles. The van der Waals surface area contributed by atoms with Gasteiger partial charge in [-0.05, 0) is 43.3 Å². The first kappa shape index (κ1) is 19.9. The molecule has 1 atom stereocenters. The van der Waals surface area contributed by atoms with E-state index in [9.17, 15) is 9.59 Å². The van der Waals surface area contributed by atoms with Crippen LogP contribution in [0, 0.1) is 0 Å². The molecule has 7 nitrogen and oxygen atoms in total. The van der Waals surface area contributed by atoms with Crippen LogP contribution in [0.2, 0.25) is 0 Å². The van der Waals surface area contributed by atoms with Crippen molar-refractivity contribution in [2.75, 3.05) is 0 Å². The minimum Gasteiger partial charge on any atom is -0.351 e. The van der Waals surface area contributed by atoms with E-state index < -0.39 is 6.04 Å². The summed E-state index contributed by atoms with van der Waals surface area (Å²) in [5.41, 5.74) is 1.05. The standard InChI is InChI=1S/C21H27N5O2S/c27-20(23-16-8-2-1-3-9-16)19(15-7-6-12-22-13-15)26(17-10-4-5-11-17)21(28)18-14-29-25-24-18/h6-7,12-14,16-17,19H,1-5,8-11H2,(H,23,27)/t19-/m1/s1. The fraction of sp³-hybridized carbons (Fsp3) is 0.571. The largest absolute Gasteiger partial charge is 0.351 e. The van der Waals surface area contributed by atoms with Gasteiger partial charge >= 0.3 is 0 Å². The van der Waals surface area contributed by atoms with Crippen molar-refractivity contribution in [2.24, 2.45) is 0 Å². The predicted molar refractivity (Wildman–Crippen MR) is 110 cm³/mol. The number of carbonyl (C=O) groups is 2. The van der Waals surface area contributed by atoms with Crippen LogP contribution in [0.5, 0.6) is 0 Å². The molecule has 0 saturated heterocycles. The highest BCUT2D eigenvalue weighted by molar-refractivity contribution is 7.03. The summed E-state index contributed by atoms with van der Waals surface area (Å²) in [5.74, 6) is -0.341. The molecule has 0 aliphatic heterocycles. The lowest BCUT2D eigenvalue weighted by molar-refractivity contribution is -0.127. The first-order valence-electron chi connectivity index (χ1n) is 10.5. The molecular weight excluding hydrogens is 386 g/mol. The van der Waals surface area contributed by atoms with Gasteiger partial charge in [0.05, 0.1) is 0 Å². The molecule has 0 radical (unpaired) electrons. The molecule has 29 heavy (non-hydrogen) atoms. The molecule has 0 bridgehead atoms. The van der Waals surface area contributed by atoms with E-state index in [1.165, 1.54) is 6.42 Å². The van der Waals surface area contributed by atoms with E-state index in [0.717, 1.165) is 68.5 Å². The Morgan fingerprint density at radius 2 is 1.86 bits per heavy atom. The average Bonchev–Trinajstić information content (AvgIpc) is 3.47. The summed E-state index contributed by atoms with van der Waals surface area (Å²) in [4.78, 5) is 32.9. The minimum atomic E-state index is -0.706. The molecule has 2 fully saturated rings. The minimum absolute atomic E-state index is 0.0199. The molecule has 2 saturated carbocycles. The highest BCUT2D eigenvalue weighted by Crippen LogP contribution is 2.33. The molecule has 2 aliphatic carbocycles. The van der Waals surface area contributed by atoms with E-state index in [1.54, 1.807) is 22.7 Å². The van der Waals surface area contributed by atoms with Crippen LogP contribution in [0.1, 0.15) is 79.9 Å². The van der Waals surface area contributed by atoms with E-state index >= 15 is 0 Å². The van der Waals surface area contributed by atoms with Crippen molar-refractivity contribution < 1.29 is 9.59 Å². The normalized spacial score (nSPS) is 19.0. The van der Waals surface area contributed by atoms with E-state index in [-0.39, 0.29) is 23.9 Å². The van der Waals surface area contributed by atoms with Crippen LogP contribution in [0.25, 0.3) is 0 Å². The number of nitrogens with one attached hydrogen (secondary N) is 1. The third-order valence-electron chi connectivity index (χ3n) is 6.01. The Balaban J connectivity index is 1.67. The number of hydrogen-bond acceptors (Lipinski definition) is 6. The summed E-state index contributed by atoms with van der Waals surface area (Å²) in [6, 6.07) is 3.19. The zero-order valence-corrected chi connectivity index (χ0v) is 17.3.